The molecule has 1 aromatic carbocycles. The summed E-state index contributed by atoms with van der Waals surface area (Å²) in [6.07, 6.45) is 1.77. The van der Waals surface area contributed by atoms with Crippen LogP contribution in [0.2, 0.25) is 5.02 Å². The number of benzene rings is 1. The molecular weight excluding hydrogens is 422 g/mol. The number of ether oxygens (including phenoxy) is 3. The quantitative estimate of drug-likeness (QED) is 0.362. The van der Waals surface area contributed by atoms with E-state index in [-0.39, 0.29) is 47.4 Å². The highest BCUT2D eigenvalue weighted by molar-refractivity contribution is 6.30. The summed E-state index contributed by atoms with van der Waals surface area (Å²) >= 11 is 5.88. The third kappa shape index (κ3) is 4.73. The molecule has 8 heteroatoms. The van der Waals surface area contributed by atoms with Gasteiger partial charge in [-0.15, -0.1) is 0 Å². The number of carbonyl (C=O) groups excluding carboxylic acids is 1. The van der Waals surface area contributed by atoms with Gasteiger partial charge >= 0.3 is 0 Å². The number of aliphatic hydroxyl groups excluding tert-OH is 1. The molecule has 0 amide bonds. The molecule has 4 unspecified atom stereocenters. The van der Waals surface area contributed by atoms with Gasteiger partial charge in [-0.1, -0.05) is 23.7 Å². The van der Waals surface area contributed by atoms with Crippen molar-refractivity contribution < 1.29 is 28.9 Å². The third-order valence-electron chi connectivity index (χ3n) is 6.14. The summed E-state index contributed by atoms with van der Waals surface area (Å²) in [6.45, 7) is 5.14. The predicted molar refractivity (Wildman–Crippen MR) is 116 cm³/mol. The fraction of sp³-hybridized carbons (Fsp3) is 0.565. The highest BCUT2D eigenvalue weighted by Crippen LogP contribution is 2.53. The zero-order valence-corrected chi connectivity index (χ0v) is 18.6. The second-order valence-electron chi connectivity index (χ2n) is 8.31. The molecule has 0 saturated carbocycles. The number of epoxide rings is 1. The molecule has 0 aromatic heterocycles. The molecular formula is C23H28ClNO6. The Balaban J connectivity index is 1.37. The molecule has 1 aromatic rings. The minimum absolute atomic E-state index is 0.0236. The van der Waals surface area contributed by atoms with Crippen molar-refractivity contribution in [3.8, 4) is 5.75 Å². The number of fused-ring (bicyclic) bond motifs is 1. The molecule has 4 rings (SSSR count). The number of rotatable bonds is 8. The van der Waals surface area contributed by atoms with E-state index < -0.39 is 0 Å². The Morgan fingerprint density at radius 3 is 2.81 bits per heavy atom. The van der Waals surface area contributed by atoms with Crippen LogP contribution in [0.1, 0.15) is 39.5 Å². The Morgan fingerprint density at radius 1 is 1.35 bits per heavy atom. The molecule has 0 spiro atoms. The number of Topliss-reactive ketones (excluding diaryl/α,β-unsaturated/α-hetero) is 1. The molecule has 0 radical (unpaired) electrons. The van der Waals surface area contributed by atoms with Crippen LogP contribution in [0.4, 0.5) is 0 Å². The van der Waals surface area contributed by atoms with Gasteiger partial charge in [0.2, 0.25) is 0 Å². The molecule has 31 heavy (non-hydrogen) atoms. The van der Waals surface area contributed by atoms with Gasteiger partial charge < -0.3 is 24.2 Å². The standard InChI is InChI=1S/C23H28ClNO6/c1-3-18(25-29-12-14(2)30-17-6-4-16(24)5-7-17)22-19(26)10-15(11-20(22)27)23-8-9-28-13-21(23)31-23/h4-7,14-15,21,26H,3,8-13H2,1-2H3. The van der Waals surface area contributed by atoms with Crippen LogP contribution < -0.4 is 4.74 Å². The monoisotopic (exact) mass is 449 g/mol. The van der Waals surface area contributed by atoms with E-state index in [9.17, 15) is 9.90 Å². The van der Waals surface area contributed by atoms with Gasteiger partial charge in [0.15, 0.2) is 12.4 Å². The van der Waals surface area contributed by atoms with Gasteiger partial charge in [0.25, 0.3) is 0 Å². The molecule has 2 heterocycles. The van der Waals surface area contributed by atoms with Crippen LogP contribution in [0, 0.1) is 5.92 Å². The van der Waals surface area contributed by atoms with E-state index in [0.717, 1.165) is 6.42 Å². The first-order chi connectivity index (χ1) is 14.9. The summed E-state index contributed by atoms with van der Waals surface area (Å²) in [5, 5.41) is 15.5. The van der Waals surface area contributed by atoms with E-state index in [1.54, 1.807) is 24.3 Å². The molecule has 4 atom stereocenters. The fourth-order valence-corrected chi connectivity index (χ4v) is 4.59. The van der Waals surface area contributed by atoms with Crippen LogP contribution in [0.5, 0.6) is 5.75 Å². The zero-order chi connectivity index (χ0) is 22.0. The van der Waals surface area contributed by atoms with Crippen molar-refractivity contribution in [1.82, 2.24) is 0 Å². The molecule has 7 nitrogen and oxygen atoms in total. The van der Waals surface area contributed by atoms with Gasteiger partial charge in [0.1, 0.15) is 29.3 Å². The molecule has 3 aliphatic rings. The van der Waals surface area contributed by atoms with Crippen molar-refractivity contribution in [2.75, 3.05) is 19.8 Å². The van der Waals surface area contributed by atoms with Crippen LogP contribution >= 0.6 is 11.6 Å². The largest absolute Gasteiger partial charge is 0.511 e. The lowest BCUT2D eigenvalue weighted by atomic mass is 9.74. The van der Waals surface area contributed by atoms with E-state index in [4.69, 9.17) is 30.6 Å². The van der Waals surface area contributed by atoms with Crippen LogP contribution in [-0.4, -0.2) is 54.2 Å². The number of ketones is 1. The van der Waals surface area contributed by atoms with Crippen molar-refractivity contribution in [3.05, 3.63) is 40.6 Å². The molecule has 168 valence electrons. The summed E-state index contributed by atoms with van der Waals surface area (Å²) in [7, 11) is 0. The Morgan fingerprint density at radius 2 is 2.13 bits per heavy atom. The summed E-state index contributed by atoms with van der Waals surface area (Å²) in [6, 6.07) is 7.07. The SMILES string of the molecule is CCC(=NOCC(C)Oc1ccc(Cl)cc1)C1=C(O)CC(C23CCOCC2O3)CC1=O. The van der Waals surface area contributed by atoms with Gasteiger partial charge in [-0.2, -0.15) is 0 Å². The average molecular weight is 450 g/mol. The maximum absolute atomic E-state index is 12.9. The molecule has 2 aliphatic heterocycles. The smallest absolute Gasteiger partial charge is 0.168 e. The van der Waals surface area contributed by atoms with Crippen molar-refractivity contribution in [2.45, 2.75) is 57.3 Å². The summed E-state index contributed by atoms with van der Waals surface area (Å²) in [5.74, 6) is 0.621. The van der Waals surface area contributed by atoms with Crippen LogP contribution in [0.25, 0.3) is 0 Å². The van der Waals surface area contributed by atoms with E-state index in [1.165, 1.54) is 0 Å². The lowest BCUT2D eigenvalue weighted by molar-refractivity contribution is -0.117. The Labute approximate surface area is 186 Å². The number of allylic oxidation sites excluding steroid dienone is 2. The van der Waals surface area contributed by atoms with Crippen LogP contribution in [0.3, 0.4) is 0 Å². The van der Waals surface area contributed by atoms with Gasteiger partial charge in [-0.05, 0) is 37.6 Å². The zero-order valence-electron chi connectivity index (χ0n) is 17.8. The van der Waals surface area contributed by atoms with Crippen molar-refractivity contribution >= 4 is 23.1 Å². The van der Waals surface area contributed by atoms with E-state index >= 15 is 0 Å². The topological polar surface area (TPSA) is 89.9 Å². The van der Waals surface area contributed by atoms with Crippen molar-refractivity contribution in [2.24, 2.45) is 11.1 Å². The molecule has 2 saturated heterocycles. The predicted octanol–water partition coefficient (Wildman–Crippen LogP) is 4.24. The van der Waals surface area contributed by atoms with Gasteiger partial charge in [-0.25, -0.2) is 0 Å². The van der Waals surface area contributed by atoms with Gasteiger partial charge in [0.05, 0.1) is 17.9 Å². The maximum atomic E-state index is 12.9. The number of carbonyl (C=O) groups is 1. The van der Waals surface area contributed by atoms with Crippen LogP contribution in [0.15, 0.2) is 40.8 Å². The number of hydrogen-bond acceptors (Lipinski definition) is 7. The molecule has 1 N–H and O–H groups in total. The average Bonchev–Trinajstić information content (AvgIpc) is 3.50. The summed E-state index contributed by atoms with van der Waals surface area (Å²) < 4.78 is 17.1. The van der Waals surface area contributed by atoms with Crippen molar-refractivity contribution in [1.29, 1.82) is 0 Å². The number of aliphatic hydroxyl groups is 1. The van der Waals surface area contributed by atoms with E-state index in [2.05, 4.69) is 5.16 Å². The van der Waals surface area contributed by atoms with E-state index in [1.807, 2.05) is 13.8 Å². The number of nitrogens with zero attached hydrogens (tertiary/aromatic N) is 1. The Hall–Kier alpha value is -2.09. The number of oxime groups is 1. The normalized spacial score (nSPS) is 29.4. The summed E-state index contributed by atoms with van der Waals surface area (Å²) in [5.41, 5.74) is 0.421. The Bertz CT molecular complexity index is 883. The first-order valence-corrected chi connectivity index (χ1v) is 11.1. The maximum Gasteiger partial charge on any atom is 0.168 e. The number of hydrogen-bond donors (Lipinski definition) is 1. The fourth-order valence-electron chi connectivity index (χ4n) is 4.47. The molecule has 1 aliphatic carbocycles. The van der Waals surface area contributed by atoms with Gasteiger partial charge in [0, 0.05) is 36.8 Å². The minimum Gasteiger partial charge on any atom is -0.511 e. The van der Waals surface area contributed by atoms with E-state index in [0.29, 0.717) is 49.0 Å². The number of halogens is 1. The molecule has 2 fully saturated rings. The molecule has 0 bridgehead atoms. The van der Waals surface area contributed by atoms with Gasteiger partial charge in [-0.3, -0.25) is 4.79 Å². The Kier molecular flexibility index (Phi) is 6.55. The lowest BCUT2D eigenvalue weighted by Gasteiger charge is -2.30. The highest BCUT2D eigenvalue weighted by Gasteiger charge is 2.63. The summed E-state index contributed by atoms with van der Waals surface area (Å²) in [4.78, 5) is 18.4. The second-order valence-corrected chi connectivity index (χ2v) is 8.74. The first kappa shape index (κ1) is 22.1. The second kappa shape index (κ2) is 9.18. The lowest BCUT2D eigenvalue weighted by Crippen LogP contribution is -2.38. The highest BCUT2D eigenvalue weighted by atomic mass is 35.5. The first-order valence-electron chi connectivity index (χ1n) is 10.7. The van der Waals surface area contributed by atoms with Crippen molar-refractivity contribution in [3.63, 3.8) is 0 Å². The third-order valence-corrected chi connectivity index (χ3v) is 6.40. The minimum atomic E-state index is -0.318. The van der Waals surface area contributed by atoms with Crippen LogP contribution in [-0.2, 0) is 19.1 Å².